The molecule has 8 aromatic carbocycles. The van der Waals surface area contributed by atoms with Crippen molar-refractivity contribution in [2.24, 2.45) is 0 Å². The molecular formula is C59H40N4O. The fraction of sp³-hybridized carbons (Fsp3) is 0.0169. The topological polar surface area (TPSA) is 47.1 Å². The predicted molar refractivity (Wildman–Crippen MR) is 266 cm³/mol. The van der Waals surface area contributed by atoms with Gasteiger partial charge in [-0.15, -0.1) is 0 Å². The summed E-state index contributed by atoms with van der Waals surface area (Å²) in [6.45, 7) is 5.12. The fourth-order valence-corrected chi connectivity index (χ4v) is 9.35. The molecule has 0 saturated carbocycles. The summed E-state index contributed by atoms with van der Waals surface area (Å²) < 4.78 is 8.63. The van der Waals surface area contributed by atoms with Crippen LogP contribution in [0.4, 0.5) is 11.4 Å². The van der Waals surface area contributed by atoms with Gasteiger partial charge in [0.05, 0.1) is 22.4 Å². The maximum Gasteiger partial charge on any atom is 0.160 e. The van der Waals surface area contributed by atoms with Crippen molar-refractivity contribution < 1.29 is 4.42 Å². The number of nitrogens with zero attached hydrogens (tertiary/aromatic N) is 4. The van der Waals surface area contributed by atoms with Crippen LogP contribution in [0.2, 0.25) is 0 Å². The van der Waals surface area contributed by atoms with E-state index >= 15 is 0 Å². The predicted octanol–water partition coefficient (Wildman–Crippen LogP) is 15.4. The third kappa shape index (κ3) is 6.41. The standard InChI is InChI=1S/C59H40N4O/c1-39-17-4-3-15-34-62(53-25-11-7-20-46(39)53)44-35-43(36-45(37-44)63-54-26-12-8-21-48(54)49-22-9-13-27-55(49)63)52-38-51(41-18-5-2-6-19-41)60-59(61-52)42-32-30-40(31-33-42)47-24-16-29-57-58(47)50-23-10-14-28-56(50)64-57/h2-33,35-38H,1,34H2/b15-3-,17-4-. The highest BCUT2D eigenvalue weighted by Gasteiger charge is 2.21. The van der Waals surface area contributed by atoms with E-state index in [0.29, 0.717) is 12.4 Å². The molecule has 64 heavy (non-hydrogen) atoms. The summed E-state index contributed by atoms with van der Waals surface area (Å²) in [5.41, 5.74) is 16.1. The van der Waals surface area contributed by atoms with Crippen molar-refractivity contribution in [3.05, 3.63) is 231 Å². The van der Waals surface area contributed by atoms with Gasteiger partial charge in [0.25, 0.3) is 0 Å². The lowest BCUT2D eigenvalue weighted by atomic mass is 9.98. The van der Waals surface area contributed by atoms with Gasteiger partial charge in [-0.3, -0.25) is 0 Å². The number of anilines is 2. The van der Waals surface area contributed by atoms with E-state index in [4.69, 9.17) is 14.4 Å². The Morgan fingerprint density at radius 1 is 0.469 bits per heavy atom. The van der Waals surface area contributed by atoms with Crippen molar-refractivity contribution in [3.63, 3.8) is 0 Å². The zero-order valence-electron chi connectivity index (χ0n) is 34.9. The number of fused-ring (bicyclic) bond motifs is 7. The summed E-state index contributed by atoms with van der Waals surface area (Å²) in [4.78, 5) is 13.1. The average molecular weight is 821 g/mol. The highest BCUT2D eigenvalue weighted by Crippen LogP contribution is 2.41. The summed E-state index contributed by atoms with van der Waals surface area (Å²) in [5, 5.41) is 4.64. The zero-order valence-corrected chi connectivity index (χ0v) is 34.9. The van der Waals surface area contributed by atoms with Gasteiger partial charge in [-0.1, -0.05) is 170 Å². The van der Waals surface area contributed by atoms with Crippen molar-refractivity contribution in [1.29, 1.82) is 0 Å². The molecule has 0 aliphatic carbocycles. The SMILES string of the molecule is C=C1/C=C\C=C/CN(c2cc(-c3cc(-c4ccccc4)nc(-c4ccc(-c5cccc6oc7ccccc7c56)cc4)n3)cc(-n3c4ccccc4c4ccccc43)c2)c2ccccc21. The fourth-order valence-electron chi connectivity index (χ4n) is 9.35. The Kier molecular flexibility index (Phi) is 8.97. The second-order valence-electron chi connectivity index (χ2n) is 16.2. The lowest BCUT2D eigenvalue weighted by Gasteiger charge is -2.27. The molecule has 0 atom stereocenters. The number of hydrogen-bond acceptors (Lipinski definition) is 4. The Balaban J connectivity index is 1.07. The smallest absolute Gasteiger partial charge is 0.160 e. The first-order chi connectivity index (χ1) is 31.6. The number of benzene rings is 8. The molecule has 0 bridgehead atoms. The Hall–Kier alpha value is -8.54. The van der Waals surface area contributed by atoms with Crippen LogP contribution in [-0.4, -0.2) is 21.1 Å². The van der Waals surface area contributed by atoms with Gasteiger partial charge in [0.15, 0.2) is 5.82 Å². The minimum absolute atomic E-state index is 0.650. The minimum atomic E-state index is 0.650. The largest absolute Gasteiger partial charge is 0.456 e. The molecule has 0 N–H and O–H groups in total. The van der Waals surface area contributed by atoms with Gasteiger partial charge < -0.3 is 13.9 Å². The van der Waals surface area contributed by atoms with Crippen molar-refractivity contribution in [2.45, 2.75) is 0 Å². The van der Waals surface area contributed by atoms with E-state index < -0.39 is 0 Å². The van der Waals surface area contributed by atoms with Gasteiger partial charge in [-0.25, -0.2) is 9.97 Å². The summed E-state index contributed by atoms with van der Waals surface area (Å²) >= 11 is 0. The Morgan fingerprint density at radius 3 is 1.89 bits per heavy atom. The first-order valence-electron chi connectivity index (χ1n) is 21.6. The lowest BCUT2D eigenvalue weighted by Crippen LogP contribution is -2.18. The summed E-state index contributed by atoms with van der Waals surface area (Å²) in [6.07, 6.45) is 8.46. The maximum absolute atomic E-state index is 6.24. The molecule has 5 nitrogen and oxygen atoms in total. The van der Waals surface area contributed by atoms with E-state index in [9.17, 15) is 0 Å². The van der Waals surface area contributed by atoms with E-state index in [0.717, 1.165) is 100 Å². The molecule has 12 rings (SSSR count). The number of allylic oxidation sites excluding steroid dienone is 4. The maximum atomic E-state index is 6.24. The van der Waals surface area contributed by atoms with Gasteiger partial charge in [-0.2, -0.15) is 0 Å². The number of furan rings is 1. The van der Waals surface area contributed by atoms with Crippen LogP contribution in [0, 0.1) is 0 Å². The van der Waals surface area contributed by atoms with Crippen LogP contribution < -0.4 is 4.90 Å². The molecule has 0 radical (unpaired) electrons. The molecule has 1 aliphatic rings. The van der Waals surface area contributed by atoms with Gasteiger partial charge >= 0.3 is 0 Å². The van der Waals surface area contributed by atoms with Gasteiger partial charge in [0, 0.05) is 67.4 Å². The van der Waals surface area contributed by atoms with E-state index in [1.165, 1.54) is 10.8 Å². The van der Waals surface area contributed by atoms with Crippen LogP contribution in [0.1, 0.15) is 5.56 Å². The molecule has 5 heteroatoms. The zero-order chi connectivity index (χ0) is 42.6. The van der Waals surface area contributed by atoms with Crippen LogP contribution in [-0.2, 0) is 0 Å². The van der Waals surface area contributed by atoms with Crippen LogP contribution in [0.15, 0.2) is 229 Å². The third-order valence-electron chi connectivity index (χ3n) is 12.4. The molecule has 0 fully saturated rings. The van der Waals surface area contributed by atoms with Crippen LogP contribution in [0.5, 0.6) is 0 Å². The second-order valence-corrected chi connectivity index (χ2v) is 16.2. The van der Waals surface area contributed by atoms with Crippen LogP contribution in [0.3, 0.4) is 0 Å². The minimum Gasteiger partial charge on any atom is -0.456 e. The second kappa shape index (κ2) is 15.4. The molecule has 11 aromatic rings. The molecular weight excluding hydrogens is 781 g/mol. The monoisotopic (exact) mass is 820 g/mol. The van der Waals surface area contributed by atoms with Crippen molar-refractivity contribution >= 4 is 60.7 Å². The molecule has 1 aliphatic heterocycles. The van der Waals surface area contributed by atoms with Crippen molar-refractivity contribution in [2.75, 3.05) is 11.4 Å². The average Bonchev–Trinajstić information content (AvgIpc) is 3.93. The first kappa shape index (κ1) is 37.2. The Bertz CT molecular complexity index is 3610. The van der Waals surface area contributed by atoms with Gasteiger partial charge in [0.2, 0.25) is 0 Å². The quantitative estimate of drug-likeness (QED) is 0.168. The van der Waals surface area contributed by atoms with Crippen molar-refractivity contribution in [1.82, 2.24) is 14.5 Å². The van der Waals surface area contributed by atoms with E-state index in [2.05, 4.69) is 210 Å². The molecule has 3 aromatic heterocycles. The van der Waals surface area contributed by atoms with Gasteiger partial charge in [-0.05, 0) is 71.3 Å². The van der Waals surface area contributed by atoms with E-state index in [-0.39, 0.29) is 0 Å². The highest BCUT2D eigenvalue weighted by molar-refractivity contribution is 6.12. The number of hydrogen-bond donors (Lipinski definition) is 0. The molecule has 0 saturated heterocycles. The molecule has 0 amide bonds. The van der Waals surface area contributed by atoms with Gasteiger partial charge in [0.1, 0.15) is 11.2 Å². The van der Waals surface area contributed by atoms with Crippen LogP contribution in [0.25, 0.3) is 100 Å². The lowest BCUT2D eigenvalue weighted by molar-refractivity contribution is 0.669. The van der Waals surface area contributed by atoms with Crippen LogP contribution >= 0.6 is 0 Å². The first-order valence-corrected chi connectivity index (χ1v) is 21.6. The molecule has 0 unspecified atom stereocenters. The molecule has 0 spiro atoms. The van der Waals surface area contributed by atoms with E-state index in [1.54, 1.807) is 0 Å². The van der Waals surface area contributed by atoms with Crippen molar-refractivity contribution in [3.8, 4) is 50.7 Å². The highest BCUT2D eigenvalue weighted by atomic mass is 16.3. The summed E-state index contributed by atoms with van der Waals surface area (Å²) in [5.74, 6) is 0.650. The van der Waals surface area contributed by atoms with E-state index in [1.807, 2.05) is 24.3 Å². The normalized spacial score (nSPS) is 13.8. The Labute approximate surface area is 370 Å². The number of para-hydroxylation sites is 4. The number of rotatable bonds is 6. The summed E-state index contributed by atoms with van der Waals surface area (Å²) in [6, 6.07) is 68.4. The summed E-state index contributed by atoms with van der Waals surface area (Å²) in [7, 11) is 0. The molecule has 302 valence electrons. The Morgan fingerprint density at radius 2 is 1.09 bits per heavy atom. The third-order valence-corrected chi connectivity index (χ3v) is 12.4. The number of aromatic nitrogens is 3. The molecule has 4 heterocycles.